The largest absolute Gasteiger partial charge is 0.326 e. The highest BCUT2D eigenvalue weighted by Gasteiger charge is 2.47. The predicted octanol–water partition coefficient (Wildman–Crippen LogP) is 3.58. The summed E-state index contributed by atoms with van der Waals surface area (Å²) >= 11 is 0. The molecule has 0 unspecified atom stereocenters. The molecule has 0 amide bonds. The average molecular weight is 221 g/mol. The van der Waals surface area contributed by atoms with Crippen LogP contribution in [-0.4, -0.2) is 5.54 Å². The molecule has 0 aliphatic heterocycles. The zero-order valence-corrected chi connectivity index (χ0v) is 10.9. The van der Waals surface area contributed by atoms with Gasteiger partial charge in [0.05, 0.1) is 0 Å². The molecule has 0 aromatic heterocycles. The van der Waals surface area contributed by atoms with E-state index < -0.39 is 0 Å². The lowest BCUT2D eigenvalue weighted by Gasteiger charge is -2.55. The zero-order chi connectivity index (χ0) is 11.3. The molecule has 0 atom stereocenters. The van der Waals surface area contributed by atoms with Gasteiger partial charge in [0.1, 0.15) is 0 Å². The minimum atomic E-state index is 0.0503. The Hall–Kier alpha value is -0.0400. The standard InChI is InChI=1S/C15H27N/c1-15(2,16)4-3-14-12-6-10-5-11(8-12)9-13(14)7-10/h10-14H,3-9,16H2,1-2H3. The first-order valence-electron chi connectivity index (χ1n) is 7.30. The monoisotopic (exact) mass is 221 g/mol. The van der Waals surface area contributed by atoms with Gasteiger partial charge in [-0.2, -0.15) is 0 Å². The third-order valence-electron chi connectivity index (χ3n) is 5.54. The molecule has 0 saturated heterocycles. The predicted molar refractivity (Wildman–Crippen MR) is 68.0 cm³/mol. The second-order valence-corrected chi connectivity index (χ2v) is 7.62. The SMILES string of the molecule is CC(C)(N)CCC1C2CC3CC(C2)CC1C3. The minimum absolute atomic E-state index is 0.0503. The van der Waals surface area contributed by atoms with Crippen molar-refractivity contribution in [3.05, 3.63) is 0 Å². The molecular weight excluding hydrogens is 194 g/mol. The summed E-state index contributed by atoms with van der Waals surface area (Å²) < 4.78 is 0. The van der Waals surface area contributed by atoms with Crippen LogP contribution in [0.3, 0.4) is 0 Å². The lowest BCUT2D eigenvalue weighted by molar-refractivity contribution is -0.0417. The molecule has 4 saturated carbocycles. The van der Waals surface area contributed by atoms with Crippen molar-refractivity contribution >= 4 is 0 Å². The van der Waals surface area contributed by atoms with Gasteiger partial charge in [0.2, 0.25) is 0 Å². The second kappa shape index (κ2) is 3.73. The Morgan fingerprint density at radius 1 is 0.938 bits per heavy atom. The summed E-state index contributed by atoms with van der Waals surface area (Å²) in [5, 5.41) is 0. The van der Waals surface area contributed by atoms with Gasteiger partial charge in [-0.3, -0.25) is 0 Å². The highest BCUT2D eigenvalue weighted by molar-refractivity contribution is 4.98. The van der Waals surface area contributed by atoms with Gasteiger partial charge in [-0.25, -0.2) is 0 Å². The van der Waals surface area contributed by atoms with Gasteiger partial charge in [0, 0.05) is 5.54 Å². The van der Waals surface area contributed by atoms with E-state index in [1.54, 1.807) is 32.1 Å². The van der Waals surface area contributed by atoms with Crippen LogP contribution in [0.2, 0.25) is 0 Å². The van der Waals surface area contributed by atoms with Crippen LogP contribution in [0.4, 0.5) is 0 Å². The van der Waals surface area contributed by atoms with E-state index in [0.717, 1.165) is 29.6 Å². The van der Waals surface area contributed by atoms with Crippen LogP contribution in [0.5, 0.6) is 0 Å². The van der Waals surface area contributed by atoms with E-state index in [1.165, 1.54) is 12.8 Å². The first-order valence-corrected chi connectivity index (χ1v) is 7.30. The fourth-order valence-corrected chi connectivity index (χ4v) is 5.05. The topological polar surface area (TPSA) is 26.0 Å². The number of nitrogens with two attached hydrogens (primary N) is 1. The maximum atomic E-state index is 6.14. The molecule has 4 bridgehead atoms. The third-order valence-corrected chi connectivity index (χ3v) is 5.54. The van der Waals surface area contributed by atoms with Crippen LogP contribution < -0.4 is 5.73 Å². The Morgan fingerprint density at radius 3 is 1.88 bits per heavy atom. The minimum Gasteiger partial charge on any atom is -0.326 e. The van der Waals surface area contributed by atoms with Crippen LogP contribution >= 0.6 is 0 Å². The van der Waals surface area contributed by atoms with Crippen molar-refractivity contribution < 1.29 is 0 Å². The fraction of sp³-hybridized carbons (Fsp3) is 1.00. The zero-order valence-electron chi connectivity index (χ0n) is 10.9. The number of hydrogen-bond donors (Lipinski definition) is 1. The van der Waals surface area contributed by atoms with Crippen LogP contribution in [0.1, 0.15) is 58.8 Å². The molecule has 0 aromatic rings. The van der Waals surface area contributed by atoms with Crippen LogP contribution in [0, 0.1) is 29.6 Å². The lowest BCUT2D eigenvalue weighted by atomic mass is 9.51. The van der Waals surface area contributed by atoms with Crippen molar-refractivity contribution in [2.45, 2.75) is 64.3 Å². The van der Waals surface area contributed by atoms with E-state index in [0.29, 0.717) is 0 Å². The Morgan fingerprint density at radius 2 is 1.44 bits per heavy atom. The summed E-state index contributed by atoms with van der Waals surface area (Å²) in [4.78, 5) is 0. The van der Waals surface area contributed by atoms with E-state index in [9.17, 15) is 0 Å². The molecule has 92 valence electrons. The highest BCUT2D eigenvalue weighted by Crippen LogP contribution is 2.57. The van der Waals surface area contributed by atoms with E-state index >= 15 is 0 Å². The molecule has 0 radical (unpaired) electrons. The molecule has 4 rings (SSSR count). The maximum Gasteiger partial charge on any atom is 0.00971 e. The van der Waals surface area contributed by atoms with Crippen LogP contribution in [-0.2, 0) is 0 Å². The van der Waals surface area contributed by atoms with Gasteiger partial charge in [0.25, 0.3) is 0 Å². The molecule has 0 heterocycles. The fourth-order valence-electron chi connectivity index (χ4n) is 5.05. The van der Waals surface area contributed by atoms with E-state index in [2.05, 4.69) is 13.8 Å². The highest BCUT2D eigenvalue weighted by atomic mass is 14.7. The van der Waals surface area contributed by atoms with Gasteiger partial charge in [-0.05, 0) is 88.4 Å². The van der Waals surface area contributed by atoms with Crippen molar-refractivity contribution in [3.8, 4) is 0 Å². The molecule has 16 heavy (non-hydrogen) atoms. The van der Waals surface area contributed by atoms with Crippen molar-refractivity contribution in [1.82, 2.24) is 0 Å². The van der Waals surface area contributed by atoms with Gasteiger partial charge in [-0.15, -0.1) is 0 Å². The molecule has 1 heteroatoms. The van der Waals surface area contributed by atoms with Crippen molar-refractivity contribution in [2.75, 3.05) is 0 Å². The van der Waals surface area contributed by atoms with Gasteiger partial charge >= 0.3 is 0 Å². The number of rotatable bonds is 3. The molecule has 4 aliphatic carbocycles. The van der Waals surface area contributed by atoms with Crippen LogP contribution in [0.25, 0.3) is 0 Å². The molecule has 1 nitrogen and oxygen atoms in total. The van der Waals surface area contributed by atoms with E-state index in [1.807, 2.05) is 0 Å². The summed E-state index contributed by atoms with van der Waals surface area (Å²) in [5.41, 5.74) is 6.19. The summed E-state index contributed by atoms with van der Waals surface area (Å²) in [6.45, 7) is 4.37. The smallest absolute Gasteiger partial charge is 0.00971 e. The summed E-state index contributed by atoms with van der Waals surface area (Å²) in [5.74, 6) is 5.43. The summed E-state index contributed by atoms with van der Waals surface area (Å²) in [6.07, 6.45) is 10.4. The summed E-state index contributed by atoms with van der Waals surface area (Å²) in [7, 11) is 0. The first-order chi connectivity index (χ1) is 7.51. The first kappa shape index (κ1) is 11.1. The Kier molecular flexibility index (Phi) is 2.58. The lowest BCUT2D eigenvalue weighted by Crippen LogP contribution is -2.46. The maximum absolute atomic E-state index is 6.14. The quantitative estimate of drug-likeness (QED) is 0.774. The molecule has 0 aromatic carbocycles. The van der Waals surface area contributed by atoms with Crippen molar-refractivity contribution in [1.29, 1.82) is 0 Å². The molecular formula is C15H27N. The molecule has 2 N–H and O–H groups in total. The van der Waals surface area contributed by atoms with E-state index in [4.69, 9.17) is 5.73 Å². The average Bonchev–Trinajstić information content (AvgIpc) is 2.13. The Balaban J connectivity index is 1.64. The van der Waals surface area contributed by atoms with Gasteiger partial charge in [0.15, 0.2) is 0 Å². The molecule has 0 spiro atoms. The molecule has 4 fully saturated rings. The van der Waals surface area contributed by atoms with Crippen molar-refractivity contribution in [3.63, 3.8) is 0 Å². The van der Waals surface area contributed by atoms with E-state index in [-0.39, 0.29) is 5.54 Å². The van der Waals surface area contributed by atoms with Crippen molar-refractivity contribution in [2.24, 2.45) is 35.3 Å². The van der Waals surface area contributed by atoms with Gasteiger partial charge < -0.3 is 5.73 Å². The Bertz CT molecular complexity index is 235. The normalized spacial score (nSPS) is 46.3. The van der Waals surface area contributed by atoms with Gasteiger partial charge in [-0.1, -0.05) is 0 Å². The second-order valence-electron chi connectivity index (χ2n) is 7.62. The van der Waals surface area contributed by atoms with Crippen LogP contribution in [0.15, 0.2) is 0 Å². The molecule has 4 aliphatic rings. The number of hydrogen-bond acceptors (Lipinski definition) is 1. The summed E-state index contributed by atoms with van der Waals surface area (Å²) in [6, 6.07) is 0. The Labute approximate surface area is 100 Å². The third kappa shape index (κ3) is 2.03.